The number of thiazole rings is 1. The Morgan fingerprint density at radius 3 is 2.40 bits per heavy atom. The van der Waals surface area contributed by atoms with Crippen molar-refractivity contribution < 1.29 is 13.2 Å². The summed E-state index contributed by atoms with van der Waals surface area (Å²) in [6.45, 7) is 0.0218. The highest BCUT2D eigenvalue weighted by Gasteiger charge is 2.18. The van der Waals surface area contributed by atoms with E-state index in [0.29, 0.717) is 5.13 Å². The molecule has 0 fully saturated rings. The first kappa shape index (κ1) is 16.7. The first-order valence-electron chi connectivity index (χ1n) is 5.77. The van der Waals surface area contributed by atoms with Gasteiger partial charge in [-0.15, -0.1) is 0 Å². The lowest BCUT2D eigenvalue weighted by Gasteiger charge is -2.11. The molecule has 114 valence electrons. The molecule has 1 aromatic rings. The molecule has 0 saturated heterocycles. The number of nitrogens with zero attached hydrogens (tertiary/aromatic N) is 3. The van der Waals surface area contributed by atoms with Crippen molar-refractivity contribution in [3.05, 3.63) is 4.88 Å². The maximum atomic E-state index is 11.9. The normalized spacial score (nSPS) is 11.7. The van der Waals surface area contributed by atoms with Gasteiger partial charge in [-0.1, -0.05) is 11.3 Å². The number of hydrogen-bond donors (Lipinski definition) is 2. The molecule has 0 radical (unpaired) electrons. The zero-order valence-corrected chi connectivity index (χ0v) is 13.5. The quantitative estimate of drug-likeness (QED) is 0.725. The maximum Gasteiger partial charge on any atom is 0.265 e. The van der Waals surface area contributed by atoms with Crippen LogP contribution in [-0.4, -0.2) is 64.1 Å². The molecule has 8 nitrogen and oxygen atoms in total. The van der Waals surface area contributed by atoms with Crippen molar-refractivity contribution in [2.75, 3.05) is 51.1 Å². The molecule has 0 aliphatic carbocycles. The zero-order valence-electron chi connectivity index (χ0n) is 11.9. The number of nitrogens with one attached hydrogen (secondary N) is 1. The average molecular weight is 321 g/mol. The molecule has 0 bridgehead atoms. The van der Waals surface area contributed by atoms with Crippen molar-refractivity contribution in [1.29, 1.82) is 0 Å². The standard InChI is InChI=1S/C10H19N5O3S2/c1-14(2)10-13-8(11)7(19-10)9(16)12-5-6-20(17,18)15(3)4/h5-6,11H2,1-4H3,(H,12,16). The van der Waals surface area contributed by atoms with Gasteiger partial charge in [-0.25, -0.2) is 17.7 Å². The molecule has 1 heterocycles. The first-order chi connectivity index (χ1) is 9.15. The lowest BCUT2D eigenvalue weighted by atomic mass is 10.4. The highest BCUT2D eigenvalue weighted by atomic mass is 32.2. The largest absolute Gasteiger partial charge is 0.382 e. The van der Waals surface area contributed by atoms with E-state index in [9.17, 15) is 13.2 Å². The topological polar surface area (TPSA) is 109 Å². The van der Waals surface area contributed by atoms with Gasteiger partial charge in [0.15, 0.2) is 5.13 Å². The van der Waals surface area contributed by atoms with Crippen LogP contribution in [0.4, 0.5) is 10.9 Å². The Hall–Kier alpha value is -1.39. The minimum Gasteiger partial charge on any atom is -0.382 e. The summed E-state index contributed by atoms with van der Waals surface area (Å²) >= 11 is 1.16. The zero-order chi connectivity index (χ0) is 15.5. The smallest absolute Gasteiger partial charge is 0.265 e. The van der Waals surface area contributed by atoms with Gasteiger partial charge in [-0.3, -0.25) is 4.79 Å². The fraction of sp³-hybridized carbons (Fsp3) is 0.600. The fourth-order valence-corrected chi connectivity index (χ4v) is 2.78. The van der Waals surface area contributed by atoms with E-state index in [1.54, 1.807) is 19.0 Å². The van der Waals surface area contributed by atoms with Gasteiger partial charge < -0.3 is 16.0 Å². The summed E-state index contributed by atoms with van der Waals surface area (Å²) in [5, 5.41) is 3.15. The predicted molar refractivity (Wildman–Crippen MR) is 80.7 cm³/mol. The molecule has 10 heteroatoms. The molecule has 1 aromatic heterocycles. The number of anilines is 2. The second-order valence-electron chi connectivity index (χ2n) is 4.46. The molecule has 0 unspecified atom stereocenters. The van der Waals surface area contributed by atoms with E-state index in [1.807, 2.05) is 0 Å². The van der Waals surface area contributed by atoms with E-state index < -0.39 is 15.9 Å². The van der Waals surface area contributed by atoms with Gasteiger partial charge in [0.1, 0.15) is 10.7 Å². The predicted octanol–water partition coefficient (Wildman–Crippen LogP) is -0.587. The van der Waals surface area contributed by atoms with Crippen molar-refractivity contribution >= 4 is 38.2 Å². The highest BCUT2D eigenvalue weighted by molar-refractivity contribution is 7.89. The number of nitrogens with two attached hydrogens (primary N) is 1. The third-order valence-electron chi connectivity index (χ3n) is 2.43. The highest BCUT2D eigenvalue weighted by Crippen LogP contribution is 2.26. The Labute approximate surface area is 122 Å². The van der Waals surface area contributed by atoms with Gasteiger partial charge in [0, 0.05) is 34.7 Å². The molecule has 0 spiro atoms. The van der Waals surface area contributed by atoms with Gasteiger partial charge in [-0.2, -0.15) is 0 Å². The number of hydrogen-bond acceptors (Lipinski definition) is 7. The summed E-state index contributed by atoms with van der Waals surface area (Å²) in [7, 11) is 3.16. The average Bonchev–Trinajstić information content (AvgIpc) is 2.71. The summed E-state index contributed by atoms with van der Waals surface area (Å²) in [4.78, 5) is 18.0. The summed E-state index contributed by atoms with van der Waals surface area (Å²) in [6.07, 6.45) is 0. The van der Waals surface area contributed by atoms with Crippen LogP contribution >= 0.6 is 11.3 Å². The van der Waals surface area contributed by atoms with Crippen LogP contribution in [0.25, 0.3) is 0 Å². The van der Waals surface area contributed by atoms with Gasteiger partial charge in [-0.05, 0) is 0 Å². The minimum absolute atomic E-state index is 0.0218. The number of carbonyl (C=O) groups excluding carboxylic acids is 1. The van der Waals surface area contributed by atoms with Crippen molar-refractivity contribution in [1.82, 2.24) is 14.6 Å². The van der Waals surface area contributed by atoms with Crippen molar-refractivity contribution in [2.24, 2.45) is 0 Å². The molecule has 20 heavy (non-hydrogen) atoms. The second-order valence-corrected chi connectivity index (χ2v) is 7.74. The molecule has 3 N–H and O–H groups in total. The van der Waals surface area contributed by atoms with Crippen LogP contribution in [0.2, 0.25) is 0 Å². The van der Waals surface area contributed by atoms with Crippen LogP contribution in [0.5, 0.6) is 0 Å². The van der Waals surface area contributed by atoms with Gasteiger partial charge >= 0.3 is 0 Å². The molecular weight excluding hydrogens is 302 g/mol. The summed E-state index contributed by atoms with van der Waals surface area (Å²) in [5.41, 5.74) is 5.67. The lowest BCUT2D eigenvalue weighted by Crippen LogP contribution is -2.33. The Morgan fingerprint density at radius 1 is 1.35 bits per heavy atom. The van der Waals surface area contributed by atoms with E-state index in [4.69, 9.17) is 5.73 Å². The molecular formula is C10H19N5O3S2. The van der Waals surface area contributed by atoms with E-state index in [2.05, 4.69) is 10.3 Å². The number of nitrogen functional groups attached to an aromatic ring is 1. The first-order valence-corrected chi connectivity index (χ1v) is 8.19. The van der Waals surface area contributed by atoms with Crippen LogP contribution in [0.1, 0.15) is 9.67 Å². The van der Waals surface area contributed by atoms with Gasteiger partial charge in [0.05, 0.1) is 5.75 Å². The lowest BCUT2D eigenvalue weighted by molar-refractivity contribution is 0.0961. The summed E-state index contributed by atoms with van der Waals surface area (Å²) < 4.78 is 24.2. The number of aromatic nitrogens is 1. The van der Waals surface area contributed by atoms with E-state index >= 15 is 0 Å². The third-order valence-corrected chi connectivity index (χ3v) is 5.50. The van der Waals surface area contributed by atoms with Crippen LogP contribution in [0, 0.1) is 0 Å². The fourth-order valence-electron chi connectivity index (χ4n) is 1.23. The molecule has 0 aromatic carbocycles. The van der Waals surface area contributed by atoms with Crippen LogP contribution in [0.3, 0.4) is 0 Å². The molecule has 0 aliphatic heterocycles. The van der Waals surface area contributed by atoms with Gasteiger partial charge in [0.25, 0.3) is 5.91 Å². The summed E-state index contributed by atoms with van der Waals surface area (Å²) in [5.74, 6) is -0.431. The van der Waals surface area contributed by atoms with Crippen molar-refractivity contribution in [3.63, 3.8) is 0 Å². The van der Waals surface area contributed by atoms with Crippen LogP contribution in [0.15, 0.2) is 0 Å². The van der Waals surface area contributed by atoms with Crippen molar-refractivity contribution in [3.8, 4) is 0 Å². The molecule has 0 aliphatic rings. The van der Waals surface area contributed by atoms with Gasteiger partial charge in [0.2, 0.25) is 10.0 Å². The van der Waals surface area contributed by atoms with Crippen molar-refractivity contribution in [2.45, 2.75) is 0 Å². The Bertz CT molecular complexity index is 580. The number of amides is 1. The molecule has 0 atom stereocenters. The number of carbonyl (C=O) groups is 1. The van der Waals surface area contributed by atoms with Crippen LogP contribution in [-0.2, 0) is 10.0 Å². The second kappa shape index (κ2) is 6.37. The Balaban J connectivity index is 2.64. The minimum atomic E-state index is -3.33. The van der Waals surface area contributed by atoms with E-state index in [1.165, 1.54) is 14.1 Å². The monoisotopic (exact) mass is 321 g/mol. The Morgan fingerprint density at radius 2 is 1.95 bits per heavy atom. The molecule has 1 rings (SSSR count). The molecule has 0 saturated carbocycles. The summed E-state index contributed by atoms with van der Waals surface area (Å²) in [6, 6.07) is 0. The third kappa shape index (κ3) is 4.05. The molecule has 1 amide bonds. The van der Waals surface area contributed by atoms with E-state index in [-0.39, 0.29) is 23.0 Å². The van der Waals surface area contributed by atoms with Crippen LogP contribution < -0.4 is 16.0 Å². The number of rotatable bonds is 6. The Kier molecular flexibility index (Phi) is 5.31. The number of sulfonamides is 1. The maximum absolute atomic E-state index is 11.9. The van der Waals surface area contributed by atoms with E-state index in [0.717, 1.165) is 15.6 Å². The SMILES string of the molecule is CN(C)c1nc(N)c(C(=O)NCCS(=O)(=O)N(C)C)s1.